The Morgan fingerprint density at radius 3 is 2.45 bits per heavy atom. The van der Waals surface area contributed by atoms with Crippen LogP contribution in [-0.2, 0) is 11.2 Å². The molecule has 2 aromatic carbocycles. The standard InChI is InChI=1S/C27H37N3O/c1-20-10-8-11-21(2)29(20)16-6-3-7-17-30-26-15-5-4-12-23(26)19-25(27(30)31)22-13-9-14-24(28)18-22/h4-5,9,12-15,18,20-21,25H,3,6-8,10-11,16-17,19,28H2,1-2H3/t20-,21+,25?. The maximum atomic E-state index is 13.5. The summed E-state index contributed by atoms with van der Waals surface area (Å²) < 4.78 is 0. The summed E-state index contributed by atoms with van der Waals surface area (Å²) in [6, 6.07) is 17.6. The second-order valence-electron chi connectivity index (χ2n) is 9.47. The number of para-hydroxylation sites is 1. The highest BCUT2D eigenvalue weighted by Crippen LogP contribution is 2.36. The van der Waals surface area contributed by atoms with Crippen molar-refractivity contribution in [3.8, 4) is 0 Å². The van der Waals surface area contributed by atoms with E-state index in [1.807, 2.05) is 35.2 Å². The molecule has 0 spiro atoms. The van der Waals surface area contributed by atoms with Gasteiger partial charge in [-0.15, -0.1) is 0 Å². The molecule has 1 saturated heterocycles. The van der Waals surface area contributed by atoms with Crippen molar-refractivity contribution in [2.24, 2.45) is 0 Å². The Balaban J connectivity index is 1.39. The van der Waals surface area contributed by atoms with Crippen molar-refractivity contribution < 1.29 is 4.79 Å². The number of nitrogens with two attached hydrogens (primary N) is 1. The van der Waals surface area contributed by atoms with Crippen LogP contribution in [0.1, 0.15) is 69.4 Å². The summed E-state index contributed by atoms with van der Waals surface area (Å²) in [6.45, 7) is 6.71. The molecule has 0 saturated carbocycles. The van der Waals surface area contributed by atoms with Crippen molar-refractivity contribution in [1.29, 1.82) is 0 Å². The fourth-order valence-corrected chi connectivity index (χ4v) is 5.48. The molecule has 0 aromatic heterocycles. The molecule has 3 atom stereocenters. The molecule has 166 valence electrons. The molecule has 0 aliphatic carbocycles. The molecular weight excluding hydrogens is 382 g/mol. The molecule has 4 rings (SSSR count). The lowest BCUT2D eigenvalue weighted by Crippen LogP contribution is -2.44. The summed E-state index contributed by atoms with van der Waals surface area (Å²) in [5.74, 6) is 0.0658. The number of piperidine rings is 1. The number of fused-ring (bicyclic) bond motifs is 1. The van der Waals surface area contributed by atoms with Gasteiger partial charge in [0.2, 0.25) is 5.91 Å². The van der Waals surface area contributed by atoms with Gasteiger partial charge in [-0.25, -0.2) is 0 Å². The van der Waals surface area contributed by atoms with Gasteiger partial charge in [0.15, 0.2) is 0 Å². The highest BCUT2D eigenvalue weighted by Gasteiger charge is 2.33. The predicted octanol–water partition coefficient (Wildman–Crippen LogP) is 5.37. The molecule has 1 amide bonds. The Morgan fingerprint density at radius 1 is 0.935 bits per heavy atom. The molecule has 0 bridgehead atoms. The molecule has 4 heteroatoms. The number of nitrogens with zero attached hydrogens (tertiary/aromatic N) is 2. The lowest BCUT2D eigenvalue weighted by molar-refractivity contribution is -0.120. The van der Waals surface area contributed by atoms with Crippen molar-refractivity contribution in [2.75, 3.05) is 23.7 Å². The number of likely N-dealkylation sites (tertiary alicyclic amines) is 1. The molecule has 2 aliphatic rings. The van der Waals surface area contributed by atoms with E-state index < -0.39 is 0 Å². The number of unbranched alkanes of at least 4 members (excludes halogenated alkanes) is 2. The van der Waals surface area contributed by atoms with Gasteiger partial charge in [0.05, 0.1) is 5.92 Å². The van der Waals surface area contributed by atoms with Crippen LogP contribution in [0, 0.1) is 0 Å². The van der Waals surface area contributed by atoms with E-state index in [2.05, 4.69) is 36.9 Å². The molecule has 1 unspecified atom stereocenters. The lowest BCUT2D eigenvalue weighted by Gasteiger charge is -2.39. The molecule has 2 aromatic rings. The number of benzene rings is 2. The first-order valence-corrected chi connectivity index (χ1v) is 12.0. The largest absolute Gasteiger partial charge is 0.399 e. The summed E-state index contributed by atoms with van der Waals surface area (Å²) in [6.07, 6.45) is 8.18. The Hall–Kier alpha value is -2.33. The first kappa shape index (κ1) is 21.9. The third kappa shape index (κ3) is 4.95. The fourth-order valence-electron chi connectivity index (χ4n) is 5.48. The molecule has 4 nitrogen and oxygen atoms in total. The highest BCUT2D eigenvalue weighted by molar-refractivity contribution is 6.01. The van der Waals surface area contributed by atoms with Crippen LogP contribution in [0.3, 0.4) is 0 Å². The Bertz CT molecular complexity index is 886. The minimum Gasteiger partial charge on any atom is -0.399 e. The van der Waals surface area contributed by atoms with Gasteiger partial charge in [0.25, 0.3) is 0 Å². The van der Waals surface area contributed by atoms with Crippen LogP contribution >= 0.6 is 0 Å². The molecule has 2 N–H and O–H groups in total. The van der Waals surface area contributed by atoms with Gasteiger partial charge in [0.1, 0.15) is 0 Å². The van der Waals surface area contributed by atoms with Crippen LogP contribution in [0.25, 0.3) is 0 Å². The van der Waals surface area contributed by atoms with E-state index in [0.29, 0.717) is 12.1 Å². The number of rotatable bonds is 7. The smallest absolute Gasteiger partial charge is 0.234 e. The number of hydrogen-bond acceptors (Lipinski definition) is 3. The average molecular weight is 420 g/mol. The maximum absolute atomic E-state index is 13.5. The van der Waals surface area contributed by atoms with Crippen molar-refractivity contribution in [3.05, 3.63) is 59.7 Å². The summed E-state index contributed by atoms with van der Waals surface area (Å²) >= 11 is 0. The van der Waals surface area contributed by atoms with Crippen LogP contribution in [0.4, 0.5) is 11.4 Å². The summed E-state index contributed by atoms with van der Waals surface area (Å²) in [5, 5.41) is 0. The lowest BCUT2D eigenvalue weighted by atomic mass is 9.86. The first-order chi connectivity index (χ1) is 15.0. The third-order valence-electron chi connectivity index (χ3n) is 7.26. The van der Waals surface area contributed by atoms with Gasteiger partial charge >= 0.3 is 0 Å². The van der Waals surface area contributed by atoms with Gasteiger partial charge in [-0.05, 0) is 81.8 Å². The van der Waals surface area contributed by atoms with E-state index in [0.717, 1.165) is 42.7 Å². The number of hydrogen-bond donors (Lipinski definition) is 1. The number of anilines is 2. The zero-order valence-electron chi connectivity index (χ0n) is 19.1. The quantitative estimate of drug-likeness (QED) is 0.484. The molecule has 1 fully saturated rings. The topological polar surface area (TPSA) is 49.6 Å². The van der Waals surface area contributed by atoms with Gasteiger partial charge in [-0.3, -0.25) is 9.69 Å². The van der Waals surface area contributed by atoms with E-state index in [9.17, 15) is 4.79 Å². The second kappa shape index (κ2) is 9.86. The van der Waals surface area contributed by atoms with Gasteiger partial charge in [-0.1, -0.05) is 43.2 Å². The molecule has 2 heterocycles. The van der Waals surface area contributed by atoms with E-state index in [1.54, 1.807) is 0 Å². The fraction of sp³-hybridized carbons (Fsp3) is 0.519. The zero-order chi connectivity index (χ0) is 21.8. The summed E-state index contributed by atoms with van der Waals surface area (Å²) in [7, 11) is 0. The minimum atomic E-state index is -0.145. The number of carbonyl (C=O) groups is 1. The maximum Gasteiger partial charge on any atom is 0.234 e. The van der Waals surface area contributed by atoms with Crippen molar-refractivity contribution >= 4 is 17.3 Å². The predicted molar refractivity (Wildman–Crippen MR) is 129 cm³/mol. The average Bonchev–Trinajstić information content (AvgIpc) is 2.76. The first-order valence-electron chi connectivity index (χ1n) is 12.0. The van der Waals surface area contributed by atoms with Gasteiger partial charge in [0, 0.05) is 30.0 Å². The van der Waals surface area contributed by atoms with Crippen LogP contribution < -0.4 is 10.6 Å². The molecule has 0 radical (unpaired) electrons. The second-order valence-corrected chi connectivity index (χ2v) is 9.47. The normalized spacial score (nSPS) is 24.3. The summed E-state index contributed by atoms with van der Waals surface area (Å²) in [4.78, 5) is 18.2. The number of carbonyl (C=O) groups excluding carboxylic acids is 1. The van der Waals surface area contributed by atoms with E-state index in [4.69, 9.17) is 5.73 Å². The SMILES string of the molecule is C[C@@H]1CCC[C@H](C)N1CCCCCN1C(=O)C(c2cccc(N)c2)Cc2ccccc21. The van der Waals surface area contributed by atoms with E-state index >= 15 is 0 Å². The number of amides is 1. The summed E-state index contributed by atoms with van der Waals surface area (Å²) in [5.41, 5.74) is 10.1. The monoisotopic (exact) mass is 419 g/mol. The Labute approximate surface area is 187 Å². The van der Waals surface area contributed by atoms with Crippen LogP contribution in [-0.4, -0.2) is 36.0 Å². The Kier molecular flexibility index (Phi) is 6.96. The van der Waals surface area contributed by atoms with Gasteiger partial charge < -0.3 is 10.6 Å². The van der Waals surface area contributed by atoms with Crippen LogP contribution in [0.5, 0.6) is 0 Å². The van der Waals surface area contributed by atoms with Crippen LogP contribution in [0.2, 0.25) is 0 Å². The molecule has 31 heavy (non-hydrogen) atoms. The van der Waals surface area contributed by atoms with E-state index in [-0.39, 0.29) is 11.8 Å². The highest BCUT2D eigenvalue weighted by atomic mass is 16.2. The third-order valence-corrected chi connectivity index (χ3v) is 7.26. The van der Waals surface area contributed by atoms with Crippen molar-refractivity contribution in [3.63, 3.8) is 0 Å². The minimum absolute atomic E-state index is 0.145. The molecular formula is C27H37N3O. The zero-order valence-corrected chi connectivity index (χ0v) is 19.1. The van der Waals surface area contributed by atoms with Crippen molar-refractivity contribution in [2.45, 2.75) is 76.8 Å². The van der Waals surface area contributed by atoms with Crippen molar-refractivity contribution in [1.82, 2.24) is 4.90 Å². The van der Waals surface area contributed by atoms with Gasteiger partial charge in [-0.2, -0.15) is 0 Å². The van der Waals surface area contributed by atoms with E-state index in [1.165, 1.54) is 37.8 Å². The Morgan fingerprint density at radius 2 is 1.68 bits per heavy atom. The molecule has 2 aliphatic heterocycles. The van der Waals surface area contributed by atoms with Crippen LogP contribution in [0.15, 0.2) is 48.5 Å². The number of nitrogen functional groups attached to an aromatic ring is 1.